The van der Waals surface area contributed by atoms with Gasteiger partial charge in [0, 0.05) is 24.9 Å². The van der Waals surface area contributed by atoms with E-state index in [0.29, 0.717) is 12.0 Å². The Morgan fingerprint density at radius 3 is 2.37 bits per heavy atom. The van der Waals surface area contributed by atoms with Crippen molar-refractivity contribution in [2.75, 3.05) is 19.8 Å². The van der Waals surface area contributed by atoms with E-state index in [-0.39, 0.29) is 0 Å². The number of rotatable bonds is 3. The molecule has 0 amide bonds. The van der Waals surface area contributed by atoms with E-state index in [1.807, 2.05) is 0 Å². The molecule has 1 aromatic carbocycles. The smallest absolute Gasteiger partial charge is 0.208 e. The summed E-state index contributed by atoms with van der Waals surface area (Å²) in [4.78, 5) is 4.95. The van der Waals surface area contributed by atoms with Crippen LogP contribution in [-0.2, 0) is 16.4 Å². The molecule has 30 heavy (non-hydrogen) atoms. The van der Waals surface area contributed by atoms with E-state index in [1.165, 1.54) is 64.2 Å². The van der Waals surface area contributed by atoms with Crippen molar-refractivity contribution in [1.29, 1.82) is 0 Å². The Kier molecular flexibility index (Phi) is 10.3. The van der Waals surface area contributed by atoms with Crippen molar-refractivity contribution >= 4 is 15.9 Å². The van der Waals surface area contributed by atoms with Gasteiger partial charge in [-0.25, -0.2) is 13.1 Å². The lowest BCUT2D eigenvalue weighted by Crippen LogP contribution is -2.32. The first-order chi connectivity index (χ1) is 14.4. The highest BCUT2D eigenvalue weighted by Gasteiger charge is 2.35. The number of hydrogen-bond donors (Lipinski definition) is 2. The highest BCUT2D eigenvalue weighted by molar-refractivity contribution is 7.88. The summed E-state index contributed by atoms with van der Waals surface area (Å²) in [7, 11) is -1.54. The zero-order chi connectivity index (χ0) is 22.0. The molecule has 0 aromatic heterocycles. The molecule has 4 rings (SSSR count). The van der Waals surface area contributed by atoms with Crippen LogP contribution in [-0.4, -0.2) is 40.1 Å². The fourth-order valence-electron chi connectivity index (χ4n) is 4.48. The second-order valence-electron chi connectivity index (χ2n) is 8.77. The Bertz CT molecular complexity index is 770. The molecule has 2 fully saturated rings. The van der Waals surface area contributed by atoms with Crippen LogP contribution in [0.5, 0.6) is 0 Å². The molecule has 2 N–H and O–H groups in total. The second-order valence-corrected chi connectivity index (χ2v) is 10.7. The predicted molar refractivity (Wildman–Crippen MR) is 128 cm³/mol. The number of aliphatic imine (C=N–C) groups is 1. The standard InChI is InChI=1S/C19H26N2.C3H8.C2H7NO2S/c1-2-6-14(7-3-1)13-20-19-12-17-16-9-5-4-8-15(16)10-11-18(17)21-19;1-3-2;1-3-6(2,4)5/h4-5,8-9,14,17-18H,1-3,6-7,10-13H2,(H,20,21);3H2,1-2H3;3H,1-2H3. The summed E-state index contributed by atoms with van der Waals surface area (Å²) in [6.45, 7) is 5.31. The third-order valence-corrected chi connectivity index (χ3v) is 6.81. The van der Waals surface area contributed by atoms with E-state index >= 15 is 0 Å². The molecule has 0 bridgehead atoms. The Labute approximate surface area is 184 Å². The highest BCUT2D eigenvalue weighted by Crippen LogP contribution is 2.37. The minimum Gasteiger partial charge on any atom is -0.370 e. The van der Waals surface area contributed by atoms with Crippen molar-refractivity contribution in [3.8, 4) is 0 Å². The molecule has 3 aliphatic rings. The van der Waals surface area contributed by atoms with Crippen LogP contribution in [0.15, 0.2) is 29.3 Å². The molecule has 2 aliphatic carbocycles. The van der Waals surface area contributed by atoms with Gasteiger partial charge >= 0.3 is 0 Å². The van der Waals surface area contributed by atoms with Gasteiger partial charge in [-0.1, -0.05) is 63.8 Å². The summed E-state index contributed by atoms with van der Waals surface area (Å²) >= 11 is 0. The van der Waals surface area contributed by atoms with E-state index in [4.69, 9.17) is 4.99 Å². The van der Waals surface area contributed by atoms with E-state index in [2.05, 4.69) is 48.2 Å². The zero-order valence-electron chi connectivity index (χ0n) is 19.3. The first-order valence-electron chi connectivity index (χ1n) is 11.6. The number of benzene rings is 1. The van der Waals surface area contributed by atoms with Gasteiger partial charge in [0.05, 0.1) is 12.1 Å². The number of nitrogens with one attached hydrogen (secondary N) is 2. The van der Waals surface area contributed by atoms with Crippen LogP contribution in [0.25, 0.3) is 0 Å². The van der Waals surface area contributed by atoms with Gasteiger partial charge in [0.25, 0.3) is 0 Å². The van der Waals surface area contributed by atoms with E-state index < -0.39 is 10.0 Å². The minimum atomic E-state index is -2.91. The van der Waals surface area contributed by atoms with Crippen LogP contribution >= 0.6 is 0 Å². The molecular weight excluding hydrogens is 394 g/mol. The van der Waals surface area contributed by atoms with Crippen LogP contribution in [0.4, 0.5) is 0 Å². The Morgan fingerprint density at radius 2 is 1.73 bits per heavy atom. The third kappa shape index (κ3) is 8.03. The lowest BCUT2D eigenvalue weighted by atomic mass is 9.80. The maximum Gasteiger partial charge on any atom is 0.208 e. The Morgan fingerprint density at radius 1 is 1.10 bits per heavy atom. The lowest BCUT2D eigenvalue weighted by Gasteiger charge is -2.27. The number of amidine groups is 1. The Balaban J connectivity index is 0.000000305. The van der Waals surface area contributed by atoms with Crippen molar-refractivity contribution in [3.63, 3.8) is 0 Å². The number of sulfonamides is 1. The van der Waals surface area contributed by atoms with Gasteiger partial charge in [-0.05, 0) is 49.8 Å². The molecular formula is C24H41N3O2S. The van der Waals surface area contributed by atoms with E-state index in [9.17, 15) is 8.42 Å². The minimum absolute atomic E-state index is 0.630. The van der Waals surface area contributed by atoms with Crippen molar-refractivity contribution < 1.29 is 8.42 Å². The normalized spacial score (nSPS) is 24.5. The Hall–Kier alpha value is -1.40. The van der Waals surface area contributed by atoms with Crippen LogP contribution in [0.1, 0.15) is 82.3 Å². The molecule has 0 spiro atoms. The SMILES string of the molecule is CCC.CNS(C)(=O)=O.c1ccc2c(c1)CCC1NC(=NCC3CCCCC3)CC21. The molecule has 1 aliphatic heterocycles. The molecule has 2 unspecified atom stereocenters. The molecule has 2 atom stereocenters. The molecule has 1 saturated heterocycles. The summed E-state index contributed by atoms with van der Waals surface area (Å²) in [5.41, 5.74) is 3.14. The quantitative estimate of drug-likeness (QED) is 0.727. The van der Waals surface area contributed by atoms with Crippen molar-refractivity contribution in [3.05, 3.63) is 35.4 Å². The summed E-state index contributed by atoms with van der Waals surface area (Å²) in [6, 6.07) is 9.64. The molecule has 5 nitrogen and oxygen atoms in total. The van der Waals surface area contributed by atoms with Crippen LogP contribution in [0, 0.1) is 5.92 Å². The van der Waals surface area contributed by atoms with Crippen LogP contribution in [0.2, 0.25) is 0 Å². The van der Waals surface area contributed by atoms with Gasteiger partial charge in [-0.3, -0.25) is 4.99 Å². The molecule has 6 heteroatoms. The first kappa shape index (κ1) is 24.9. The topological polar surface area (TPSA) is 70.6 Å². The summed E-state index contributed by atoms with van der Waals surface area (Å²) in [5, 5.41) is 3.72. The van der Waals surface area contributed by atoms with Crippen LogP contribution in [0.3, 0.4) is 0 Å². The van der Waals surface area contributed by atoms with Crippen molar-refractivity contribution in [2.24, 2.45) is 10.9 Å². The number of nitrogens with zero attached hydrogens (tertiary/aromatic N) is 1. The summed E-state index contributed by atoms with van der Waals surface area (Å²) < 4.78 is 21.9. The van der Waals surface area contributed by atoms with E-state index in [0.717, 1.165) is 25.1 Å². The lowest BCUT2D eigenvalue weighted by molar-refractivity contribution is 0.366. The number of fused-ring (bicyclic) bond motifs is 3. The first-order valence-corrected chi connectivity index (χ1v) is 13.5. The number of aryl methyl sites for hydroxylation is 1. The van der Waals surface area contributed by atoms with Crippen LogP contribution < -0.4 is 10.0 Å². The molecule has 1 heterocycles. The van der Waals surface area contributed by atoms with Crippen molar-refractivity contribution in [2.45, 2.75) is 83.6 Å². The van der Waals surface area contributed by atoms with E-state index in [1.54, 1.807) is 11.1 Å². The van der Waals surface area contributed by atoms with Gasteiger partial charge < -0.3 is 5.32 Å². The average Bonchev–Trinajstić information content (AvgIpc) is 3.17. The predicted octanol–water partition coefficient (Wildman–Crippen LogP) is 4.64. The molecule has 1 aromatic rings. The maximum atomic E-state index is 9.89. The zero-order valence-corrected chi connectivity index (χ0v) is 20.1. The van der Waals surface area contributed by atoms with Gasteiger partial charge in [0.15, 0.2) is 0 Å². The average molecular weight is 436 g/mol. The molecule has 1 saturated carbocycles. The number of hydrogen-bond acceptors (Lipinski definition) is 3. The maximum absolute atomic E-state index is 9.89. The fraction of sp³-hybridized carbons (Fsp3) is 0.708. The second kappa shape index (κ2) is 12.5. The van der Waals surface area contributed by atoms with Gasteiger partial charge in [0.1, 0.15) is 0 Å². The van der Waals surface area contributed by atoms with Gasteiger partial charge in [-0.15, -0.1) is 0 Å². The van der Waals surface area contributed by atoms with Gasteiger partial charge in [-0.2, -0.15) is 0 Å². The molecule has 170 valence electrons. The summed E-state index contributed by atoms with van der Waals surface area (Å²) in [6.07, 6.45) is 13.0. The summed E-state index contributed by atoms with van der Waals surface area (Å²) in [5.74, 6) is 2.80. The largest absolute Gasteiger partial charge is 0.370 e. The third-order valence-electron chi connectivity index (χ3n) is 6.07. The fourth-order valence-corrected chi connectivity index (χ4v) is 4.48. The monoisotopic (exact) mass is 435 g/mol. The molecule has 0 radical (unpaired) electrons. The van der Waals surface area contributed by atoms with Crippen molar-refractivity contribution in [1.82, 2.24) is 10.0 Å². The van der Waals surface area contributed by atoms with Gasteiger partial charge in [0.2, 0.25) is 10.0 Å². The highest BCUT2D eigenvalue weighted by atomic mass is 32.2.